The molecule has 1 aliphatic rings. The minimum atomic E-state index is -1.83. The Balaban J connectivity index is 2.13. The molecule has 0 amide bonds. The molecule has 2 aromatic rings. The van der Waals surface area contributed by atoms with Crippen LogP contribution in [0.3, 0.4) is 0 Å². The third-order valence-electron chi connectivity index (χ3n) is 4.68. The number of aliphatic hydroxyl groups excluding tert-OH is 4. The van der Waals surface area contributed by atoms with Crippen LogP contribution in [0, 0.1) is 0 Å². The molecule has 0 unspecified atom stereocenters. The van der Waals surface area contributed by atoms with Crippen LogP contribution in [0.2, 0.25) is 0 Å². The van der Waals surface area contributed by atoms with E-state index in [0.717, 1.165) is 12.1 Å². The molecule has 12 heteroatoms. The second kappa shape index (κ2) is 7.93. The number of phenols is 2. The molecule has 12 nitrogen and oxygen atoms in total. The van der Waals surface area contributed by atoms with Gasteiger partial charge in [-0.05, 0) is 17.5 Å². The summed E-state index contributed by atoms with van der Waals surface area (Å²) < 4.78 is 10.4. The highest BCUT2D eigenvalue weighted by Gasteiger charge is 2.45. The zero-order chi connectivity index (χ0) is 22.3. The molecule has 5 atom stereocenters. The average Bonchev–Trinajstić information content (AvgIpc) is 2.82. The first-order valence-corrected chi connectivity index (χ1v) is 8.53. The summed E-state index contributed by atoms with van der Waals surface area (Å²) in [6.07, 6.45) is -8.30. The summed E-state index contributed by atoms with van der Waals surface area (Å²) in [6, 6.07) is 2.50. The minimum absolute atomic E-state index is 0.220. The summed E-state index contributed by atoms with van der Waals surface area (Å²) in [5.74, 6) is -5.11. The fourth-order valence-electron chi connectivity index (χ4n) is 3.06. The molecule has 1 saturated heterocycles. The van der Waals surface area contributed by atoms with Crippen molar-refractivity contribution in [3.63, 3.8) is 0 Å². The van der Waals surface area contributed by atoms with E-state index in [-0.39, 0.29) is 5.39 Å². The van der Waals surface area contributed by atoms with Gasteiger partial charge in [0, 0.05) is 6.07 Å². The first-order valence-electron chi connectivity index (χ1n) is 8.53. The molecule has 1 fully saturated rings. The van der Waals surface area contributed by atoms with Crippen molar-refractivity contribution in [2.24, 2.45) is 0 Å². The van der Waals surface area contributed by atoms with Crippen LogP contribution in [0.4, 0.5) is 0 Å². The molecule has 162 valence electrons. The van der Waals surface area contributed by atoms with Crippen LogP contribution >= 0.6 is 0 Å². The van der Waals surface area contributed by atoms with E-state index < -0.39 is 82.7 Å². The van der Waals surface area contributed by atoms with E-state index in [1.54, 1.807) is 0 Å². The number of carboxylic acid groups (broad SMARTS) is 1. The molecule has 3 rings (SSSR count). The van der Waals surface area contributed by atoms with Gasteiger partial charge in [-0.1, -0.05) is 0 Å². The Morgan fingerprint density at radius 2 is 1.63 bits per heavy atom. The van der Waals surface area contributed by atoms with E-state index in [0.29, 0.717) is 6.07 Å². The van der Waals surface area contributed by atoms with Gasteiger partial charge in [-0.2, -0.15) is 0 Å². The van der Waals surface area contributed by atoms with Crippen molar-refractivity contribution in [3.8, 4) is 23.0 Å². The molecule has 1 aliphatic heterocycles. The average molecular weight is 426 g/mol. The number of carbonyl (C=O) groups is 1. The molecule has 0 aromatic heterocycles. The van der Waals surface area contributed by atoms with Gasteiger partial charge in [-0.25, -0.2) is 4.79 Å². The van der Waals surface area contributed by atoms with Crippen molar-refractivity contribution >= 4 is 16.7 Å². The van der Waals surface area contributed by atoms with Crippen molar-refractivity contribution in [1.29, 1.82) is 0 Å². The number of aromatic hydroxyl groups is 3. The first kappa shape index (κ1) is 21.5. The second-order valence-electron chi connectivity index (χ2n) is 6.61. The summed E-state index contributed by atoms with van der Waals surface area (Å²) in [6.45, 7) is -0.738. The van der Waals surface area contributed by atoms with Crippen molar-refractivity contribution in [2.75, 3.05) is 6.61 Å². The van der Waals surface area contributed by atoms with Gasteiger partial charge in [0.15, 0.2) is 17.2 Å². The number of ether oxygens (including phenoxy) is 2. The number of fused-ring (bicyclic) bond motifs is 1. The highest BCUT2D eigenvalue weighted by atomic mass is 16.7. The van der Waals surface area contributed by atoms with E-state index in [1.807, 2.05) is 0 Å². The topological polar surface area (TPSA) is 214 Å². The van der Waals surface area contributed by atoms with Crippen molar-refractivity contribution in [3.05, 3.63) is 34.0 Å². The largest absolute Gasteiger partial charge is 0.504 e. The summed E-state index contributed by atoms with van der Waals surface area (Å²) >= 11 is 0. The Morgan fingerprint density at radius 3 is 2.23 bits per heavy atom. The van der Waals surface area contributed by atoms with Gasteiger partial charge in [0.05, 0.1) is 17.6 Å². The van der Waals surface area contributed by atoms with E-state index in [9.17, 15) is 50.4 Å². The Morgan fingerprint density at radius 1 is 0.967 bits per heavy atom. The smallest absolute Gasteiger partial charge is 0.335 e. The molecule has 0 bridgehead atoms. The number of aromatic carboxylic acids is 1. The number of aliphatic hydroxyl groups is 4. The van der Waals surface area contributed by atoms with Crippen LogP contribution in [0.5, 0.6) is 23.0 Å². The maximum atomic E-state index is 11.9. The van der Waals surface area contributed by atoms with Gasteiger partial charge in [0.25, 0.3) is 0 Å². The zero-order valence-corrected chi connectivity index (χ0v) is 15.0. The molecular formula is C18H18O12. The number of hydrogen-bond donors (Lipinski definition) is 8. The lowest BCUT2D eigenvalue weighted by molar-refractivity contribution is -0.277. The van der Waals surface area contributed by atoms with Crippen molar-refractivity contribution < 1.29 is 55.1 Å². The van der Waals surface area contributed by atoms with Gasteiger partial charge >= 0.3 is 5.97 Å². The number of rotatable bonds is 4. The minimum Gasteiger partial charge on any atom is -0.504 e. The molecule has 0 saturated carbocycles. The van der Waals surface area contributed by atoms with Gasteiger partial charge in [0.2, 0.25) is 17.5 Å². The number of hydrogen-bond acceptors (Lipinski definition) is 11. The number of benzene rings is 1. The van der Waals surface area contributed by atoms with Crippen LogP contribution in [0.15, 0.2) is 23.0 Å². The standard InChI is InChI=1S/C18H18O12/c19-4-9-13(23)15(25)16(26)18(30-9)29-8-3-5-1-6(17(27)28)2-7(20)11(21)10(5)14(24)12(8)22/h1-3,9,13,15-16,18-19,22-26H,4H2,(H,20,21)(H,27,28)/t9-,13-,15+,16-,18-/m1/s1. The Kier molecular flexibility index (Phi) is 5.70. The fourth-order valence-corrected chi connectivity index (χ4v) is 3.06. The van der Waals surface area contributed by atoms with Crippen molar-refractivity contribution in [2.45, 2.75) is 30.7 Å². The van der Waals surface area contributed by atoms with Gasteiger partial charge < -0.3 is 50.3 Å². The van der Waals surface area contributed by atoms with E-state index in [1.165, 1.54) is 0 Å². The molecule has 30 heavy (non-hydrogen) atoms. The van der Waals surface area contributed by atoms with Gasteiger partial charge in [0.1, 0.15) is 24.4 Å². The van der Waals surface area contributed by atoms with Crippen LogP contribution < -0.4 is 10.2 Å². The third-order valence-corrected chi connectivity index (χ3v) is 4.68. The molecule has 0 spiro atoms. The lowest BCUT2D eigenvalue weighted by Crippen LogP contribution is -2.60. The summed E-state index contributed by atoms with van der Waals surface area (Å²) in [5, 5.41) is 77.8. The predicted molar refractivity (Wildman–Crippen MR) is 96.6 cm³/mol. The molecule has 0 radical (unpaired) electrons. The Labute approximate surface area is 167 Å². The molecule has 0 aliphatic carbocycles. The second-order valence-corrected chi connectivity index (χ2v) is 6.61. The summed E-state index contributed by atoms with van der Waals surface area (Å²) in [4.78, 5) is 23.2. The highest BCUT2D eigenvalue weighted by molar-refractivity contribution is 6.00. The normalized spacial score (nSPS) is 26.5. The van der Waals surface area contributed by atoms with Crippen LogP contribution in [-0.4, -0.2) is 84.1 Å². The predicted octanol–water partition coefficient (Wildman–Crippen LogP) is -1.81. The Hall–Kier alpha value is -3.16. The molecule has 8 N–H and O–H groups in total. The van der Waals surface area contributed by atoms with Gasteiger partial charge in [-0.3, -0.25) is 4.79 Å². The monoisotopic (exact) mass is 426 g/mol. The van der Waals surface area contributed by atoms with E-state index in [4.69, 9.17) is 9.47 Å². The Bertz CT molecular complexity index is 1050. The highest BCUT2D eigenvalue weighted by Crippen LogP contribution is 2.45. The van der Waals surface area contributed by atoms with Crippen LogP contribution in [0.25, 0.3) is 10.8 Å². The quantitative estimate of drug-likeness (QED) is 0.254. The molecule has 2 aromatic carbocycles. The summed E-state index contributed by atoms with van der Waals surface area (Å²) in [5.41, 5.74) is -1.66. The van der Waals surface area contributed by atoms with E-state index in [2.05, 4.69) is 0 Å². The SMILES string of the molecule is O=C(O)c1cc(=O)c(O)c2c(O)c(O)c(O[C@@H]3O[C@H](CO)[C@@H](O)[C@H](O)[C@H]3O)cc2c1. The van der Waals surface area contributed by atoms with Gasteiger partial charge in [-0.15, -0.1) is 0 Å². The maximum absolute atomic E-state index is 11.9. The lowest BCUT2D eigenvalue weighted by Gasteiger charge is -2.39. The number of phenolic OH excluding ortho intramolecular Hbond substituents is 2. The maximum Gasteiger partial charge on any atom is 0.335 e. The van der Waals surface area contributed by atoms with Crippen molar-refractivity contribution in [1.82, 2.24) is 0 Å². The molecule has 1 heterocycles. The molecular weight excluding hydrogens is 408 g/mol. The first-order chi connectivity index (χ1) is 14.1. The third kappa shape index (κ3) is 3.58. The van der Waals surface area contributed by atoms with Crippen LogP contribution in [0.1, 0.15) is 10.4 Å². The van der Waals surface area contributed by atoms with Crippen LogP contribution in [-0.2, 0) is 4.74 Å². The fraction of sp³-hybridized carbons (Fsp3) is 0.333. The summed E-state index contributed by atoms with van der Waals surface area (Å²) in [7, 11) is 0. The zero-order valence-electron chi connectivity index (χ0n) is 15.0. The van der Waals surface area contributed by atoms with E-state index >= 15 is 0 Å². The number of carboxylic acids is 1. The lowest BCUT2D eigenvalue weighted by atomic mass is 9.99.